The normalized spacial score (nSPS) is 16.6. The number of hydrogen-bond donors (Lipinski definition) is 4. The maximum Gasteiger partial charge on any atom is 0.206 e. The van der Waals surface area contributed by atoms with Crippen LogP contribution in [0.3, 0.4) is 0 Å². The lowest BCUT2D eigenvalue weighted by Gasteiger charge is -2.41. The summed E-state index contributed by atoms with van der Waals surface area (Å²) < 4.78 is 0. The number of nitriles is 2. The average Bonchev–Trinajstić information content (AvgIpc) is 3.82. The Hall–Kier alpha value is -5.43. The molecule has 0 saturated carbocycles. The summed E-state index contributed by atoms with van der Waals surface area (Å²) in [6, 6.07) is 35.7. The SMILES string of the molecule is CCSC(N)=NC(=S)Nc1ccc(N2CCC(N3CCCCC3)CC2)cc1.N#Cc1cccc(C(=O)CBr)c1.N#Cc1cccc(C(=O)c2sc(Nc3ccc(N4CCC(N5CCCCC5)CC4)cc3)nc2N)c1.P. The molecule has 0 aliphatic carbocycles. The molecule has 5 heterocycles. The number of nitrogens with two attached hydrogens (primary N) is 2. The molecule has 0 radical (unpaired) electrons. The fourth-order valence-corrected chi connectivity index (χ4v) is 11.8. The van der Waals surface area contributed by atoms with E-state index >= 15 is 0 Å². The van der Waals surface area contributed by atoms with Crippen molar-refractivity contribution >= 4 is 117 Å². The number of aromatic nitrogens is 1. The van der Waals surface area contributed by atoms with Gasteiger partial charge >= 0.3 is 0 Å². The highest BCUT2D eigenvalue weighted by molar-refractivity contribution is 9.09. The van der Waals surface area contributed by atoms with Crippen LogP contribution in [0.25, 0.3) is 0 Å². The van der Waals surface area contributed by atoms with E-state index in [-0.39, 0.29) is 27.3 Å². The molecule has 19 heteroatoms. The minimum absolute atomic E-state index is 0. The van der Waals surface area contributed by atoms with Gasteiger partial charge in [0, 0.05) is 72.1 Å². The molecule has 6 N–H and O–H groups in total. The van der Waals surface area contributed by atoms with Gasteiger partial charge in [-0.2, -0.15) is 25.4 Å². The standard InChI is InChI=1S/C27H30N6OS.C20H31N5S2.C9H6BrNO.H3P/c28-18-19-5-4-6-20(17-19)24(34)25-26(29)31-27(35-25)30-21-7-9-22(10-8-21)33-15-11-23(12-16-33)32-13-2-1-3-14-32;1-2-27-19(21)23-20(26)22-16-6-8-17(9-7-16)25-14-10-18(11-15-25)24-12-4-3-5-13-24;10-5-9(12)8-3-1-2-7(4-8)6-11;/h4-10,17,23H,1-3,11-16,29H2,(H,30,31);6-9,18H,2-5,10-15H2,1H3,(H3,21,22,23,26);1-4H,5H2;1H3. The molecule has 4 aliphatic heterocycles. The first kappa shape index (κ1) is 58.8. The number of anilines is 6. The van der Waals surface area contributed by atoms with Gasteiger partial charge in [0.05, 0.1) is 28.6 Å². The molecule has 0 amide bonds. The molecule has 0 bridgehead atoms. The molecule has 0 spiro atoms. The summed E-state index contributed by atoms with van der Waals surface area (Å²) in [5.41, 5.74) is 18.2. The number of hydrogen-bond acceptors (Lipinski definition) is 14. The second-order valence-corrected chi connectivity index (χ2v) is 21.9. The number of aliphatic imine (C=N–C) groups is 1. The van der Waals surface area contributed by atoms with Crippen LogP contribution in [0.2, 0.25) is 0 Å². The van der Waals surface area contributed by atoms with Gasteiger partial charge in [-0.05, 0) is 168 Å². The van der Waals surface area contributed by atoms with Crippen molar-refractivity contribution in [2.24, 2.45) is 10.7 Å². The van der Waals surface area contributed by atoms with E-state index < -0.39 is 0 Å². The molecule has 5 aromatic rings. The van der Waals surface area contributed by atoms with E-state index in [2.05, 4.69) is 98.6 Å². The van der Waals surface area contributed by atoms with Crippen LogP contribution in [0, 0.1) is 22.7 Å². The van der Waals surface area contributed by atoms with Crippen molar-refractivity contribution in [3.05, 3.63) is 124 Å². The third kappa shape index (κ3) is 17.6. The first-order chi connectivity index (χ1) is 36.0. The number of Topliss-reactive ketones (excluding diaryl/α,β-unsaturated/α-hetero) is 1. The number of carbonyl (C=O) groups excluding carboxylic acids is 2. The van der Waals surface area contributed by atoms with Gasteiger partial charge in [-0.15, -0.1) is 0 Å². The Morgan fingerprint density at radius 1 is 0.747 bits per heavy atom. The van der Waals surface area contributed by atoms with Gasteiger partial charge in [0.1, 0.15) is 10.7 Å². The van der Waals surface area contributed by atoms with Crippen LogP contribution >= 0.6 is 61.1 Å². The smallest absolute Gasteiger partial charge is 0.206 e. The number of piperidine rings is 4. The number of rotatable bonds is 12. The zero-order valence-electron chi connectivity index (χ0n) is 42.9. The zero-order chi connectivity index (χ0) is 52.2. The van der Waals surface area contributed by atoms with Crippen molar-refractivity contribution in [1.82, 2.24) is 14.8 Å². The molecule has 4 aromatic carbocycles. The third-order valence-electron chi connectivity index (χ3n) is 13.8. The van der Waals surface area contributed by atoms with Crippen molar-refractivity contribution < 1.29 is 9.59 Å². The summed E-state index contributed by atoms with van der Waals surface area (Å²) in [4.78, 5) is 43.3. The van der Waals surface area contributed by atoms with E-state index in [1.54, 1.807) is 48.5 Å². The van der Waals surface area contributed by atoms with Gasteiger partial charge in [-0.25, -0.2) is 4.98 Å². The van der Waals surface area contributed by atoms with Crippen molar-refractivity contribution in [3.8, 4) is 12.1 Å². The first-order valence-corrected chi connectivity index (χ1v) is 29.0. The number of thiocarbonyl (C=S) groups is 1. The monoisotopic (exact) mass is 1150 g/mol. The lowest BCUT2D eigenvalue weighted by molar-refractivity contribution is 0.102. The number of ketones is 2. The number of halogens is 1. The van der Waals surface area contributed by atoms with E-state index in [1.807, 2.05) is 25.1 Å². The largest absolute Gasteiger partial charge is 0.382 e. The van der Waals surface area contributed by atoms with Gasteiger partial charge in [0.15, 0.2) is 21.2 Å². The summed E-state index contributed by atoms with van der Waals surface area (Å²) in [6.07, 6.45) is 13.3. The lowest BCUT2D eigenvalue weighted by atomic mass is 9.99. The molecule has 4 saturated heterocycles. The highest BCUT2D eigenvalue weighted by Gasteiger charge is 2.27. The Morgan fingerprint density at radius 2 is 1.23 bits per heavy atom. The van der Waals surface area contributed by atoms with Gasteiger partial charge in [0.2, 0.25) is 5.78 Å². The van der Waals surface area contributed by atoms with Crippen LogP contribution in [-0.4, -0.2) is 112 Å². The number of thiazole rings is 1. The van der Waals surface area contributed by atoms with E-state index in [0.29, 0.717) is 47.9 Å². The molecule has 1 unspecified atom stereocenters. The van der Waals surface area contributed by atoms with Crippen LogP contribution in [0.15, 0.2) is 102 Å². The number of likely N-dealkylation sites (tertiary alicyclic amines) is 2. The van der Waals surface area contributed by atoms with Crippen molar-refractivity contribution in [2.45, 2.75) is 83.2 Å². The highest BCUT2D eigenvalue weighted by atomic mass is 79.9. The number of carbonyl (C=O) groups is 2. The topological polar surface area (TPSA) is 196 Å². The zero-order valence-corrected chi connectivity index (χ0v) is 48.3. The minimum Gasteiger partial charge on any atom is -0.382 e. The molecular formula is C56H70BrN12O2PS3. The number of thioether (sulfide) groups is 1. The Labute approximate surface area is 468 Å². The molecule has 1 atom stereocenters. The number of nitrogen functional groups attached to an aromatic ring is 1. The van der Waals surface area contributed by atoms with Gasteiger partial charge in [-0.1, -0.05) is 83.1 Å². The second-order valence-electron chi connectivity index (χ2n) is 18.7. The summed E-state index contributed by atoms with van der Waals surface area (Å²) in [7, 11) is 0. The average molecular weight is 1150 g/mol. The van der Waals surface area contributed by atoms with Crippen LogP contribution in [0.1, 0.15) is 108 Å². The number of amidine groups is 1. The molecule has 1 aromatic heterocycles. The van der Waals surface area contributed by atoms with E-state index in [1.165, 1.54) is 125 Å². The first-order valence-electron chi connectivity index (χ1n) is 25.7. The van der Waals surface area contributed by atoms with Crippen molar-refractivity contribution in [1.29, 1.82) is 10.5 Å². The second kappa shape index (κ2) is 30.3. The fourth-order valence-electron chi connectivity index (χ4n) is 9.86. The van der Waals surface area contributed by atoms with Crippen LogP contribution in [0.5, 0.6) is 0 Å². The number of benzene rings is 4. The molecule has 396 valence electrons. The van der Waals surface area contributed by atoms with Crippen LogP contribution in [-0.2, 0) is 0 Å². The fraction of sp³-hybridized carbons (Fsp3) is 0.411. The summed E-state index contributed by atoms with van der Waals surface area (Å²) in [6.45, 7) is 11.6. The summed E-state index contributed by atoms with van der Waals surface area (Å²) in [5.74, 6) is 0.847. The third-order valence-corrected chi connectivity index (χ3v) is 16.1. The number of nitrogens with zero attached hydrogens (tertiary/aromatic N) is 8. The van der Waals surface area contributed by atoms with E-state index in [9.17, 15) is 9.59 Å². The molecule has 75 heavy (non-hydrogen) atoms. The maximum absolute atomic E-state index is 12.9. The van der Waals surface area contributed by atoms with E-state index in [0.717, 1.165) is 55.4 Å². The predicted octanol–water partition coefficient (Wildman–Crippen LogP) is 11.1. The van der Waals surface area contributed by atoms with Crippen LogP contribution in [0.4, 0.5) is 33.7 Å². The molecule has 9 rings (SSSR count). The number of nitrogens with one attached hydrogen (secondary N) is 2. The van der Waals surface area contributed by atoms with Crippen molar-refractivity contribution in [3.63, 3.8) is 0 Å². The van der Waals surface area contributed by atoms with Gasteiger partial charge in [0.25, 0.3) is 0 Å². The Bertz CT molecular complexity index is 2760. The summed E-state index contributed by atoms with van der Waals surface area (Å²) in [5, 5.41) is 25.8. The molecule has 14 nitrogen and oxygen atoms in total. The van der Waals surface area contributed by atoms with E-state index in [4.69, 9.17) is 34.2 Å². The maximum atomic E-state index is 12.9. The Kier molecular flexibility index (Phi) is 23.8. The quantitative estimate of drug-likeness (QED) is 0.0230. The summed E-state index contributed by atoms with van der Waals surface area (Å²) >= 11 is 11.0. The molecular weight excluding hydrogens is 1080 g/mol. The minimum atomic E-state index is -0.228. The molecule has 4 aliphatic rings. The highest BCUT2D eigenvalue weighted by Crippen LogP contribution is 2.32. The van der Waals surface area contributed by atoms with Gasteiger partial charge in [-0.3, -0.25) is 9.59 Å². The van der Waals surface area contributed by atoms with Crippen LogP contribution < -0.4 is 31.9 Å². The Morgan fingerprint density at radius 3 is 1.71 bits per heavy atom. The Balaban J connectivity index is 0.000000202. The predicted molar refractivity (Wildman–Crippen MR) is 325 cm³/mol. The van der Waals surface area contributed by atoms with Gasteiger partial charge < -0.3 is 41.7 Å². The molecule has 4 fully saturated rings. The van der Waals surface area contributed by atoms with Crippen molar-refractivity contribution in [2.75, 3.05) is 89.6 Å². The number of alkyl halides is 1. The lowest BCUT2D eigenvalue weighted by Crippen LogP contribution is -2.46.